The zero-order chi connectivity index (χ0) is 20.0. The fraction of sp³-hybridized carbons (Fsp3) is 0.526. The highest BCUT2D eigenvalue weighted by Crippen LogP contribution is 2.18. The van der Waals surface area contributed by atoms with Gasteiger partial charge in [0.15, 0.2) is 0 Å². The van der Waals surface area contributed by atoms with Gasteiger partial charge in [0, 0.05) is 30.9 Å². The molecule has 1 aliphatic rings. The zero-order valence-electron chi connectivity index (χ0n) is 16.0. The number of carbonyl (C=O) groups is 3. The molecule has 8 heteroatoms. The van der Waals surface area contributed by atoms with Crippen LogP contribution in [-0.2, 0) is 9.59 Å². The number of hydrogen-bond acceptors (Lipinski definition) is 3. The van der Waals surface area contributed by atoms with Gasteiger partial charge < -0.3 is 20.9 Å². The van der Waals surface area contributed by atoms with Crippen LogP contribution in [0.25, 0.3) is 0 Å². The average Bonchev–Trinajstić information content (AvgIpc) is 2.60. The second-order valence-electron chi connectivity index (χ2n) is 7.78. The Morgan fingerprint density at radius 3 is 2.22 bits per heavy atom. The van der Waals surface area contributed by atoms with Gasteiger partial charge in [-0.25, -0.2) is 9.18 Å². The normalized spacial score (nSPS) is 15.2. The number of rotatable bonds is 3. The Morgan fingerprint density at radius 1 is 1.07 bits per heavy atom. The molecule has 27 heavy (non-hydrogen) atoms. The van der Waals surface area contributed by atoms with E-state index in [0.29, 0.717) is 25.3 Å². The van der Waals surface area contributed by atoms with Gasteiger partial charge in [-0.15, -0.1) is 0 Å². The van der Waals surface area contributed by atoms with Gasteiger partial charge in [-0.05, 0) is 63.8 Å². The Balaban J connectivity index is 1.71. The number of likely N-dealkylation sites (tertiary alicyclic amines) is 1. The van der Waals surface area contributed by atoms with Crippen molar-refractivity contribution in [1.82, 2.24) is 15.5 Å². The third-order valence-electron chi connectivity index (χ3n) is 4.24. The number of anilines is 1. The third kappa shape index (κ3) is 6.88. The molecule has 0 spiro atoms. The molecular formula is C19H27FN4O3. The van der Waals surface area contributed by atoms with Crippen molar-refractivity contribution in [3.8, 4) is 0 Å². The van der Waals surface area contributed by atoms with E-state index < -0.39 is 17.4 Å². The van der Waals surface area contributed by atoms with E-state index in [0.717, 1.165) is 12.8 Å². The molecule has 3 N–H and O–H groups in total. The largest absolute Gasteiger partial charge is 0.348 e. The van der Waals surface area contributed by atoms with Crippen molar-refractivity contribution >= 4 is 23.5 Å². The number of halogens is 1. The van der Waals surface area contributed by atoms with Gasteiger partial charge in [0.1, 0.15) is 5.82 Å². The van der Waals surface area contributed by atoms with Gasteiger partial charge in [-0.2, -0.15) is 0 Å². The summed E-state index contributed by atoms with van der Waals surface area (Å²) in [5.74, 6) is -1.42. The predicted octanol–water partition coefficient (Wildman–Crippen LogP) is 2.10. The summed E-state index contributed by atoms with van der Waals surface area (Å²) in [5.41, 5.74) is 0.0816. The third-order valence-corrected chi connectivity index (χ3v) is 4.24. The van der Waals surface area contributed by atoms with E-state index in [2.05, 4.69) is 16.0 Å². The van der Waals surface area contributed by atoms with Crippen LogP contribution in [0.15, 0.2) is 24.3 Å². The minimum Gasteiger partial charge on any atom is -0.348 e. The molecule has 0 saturated carbocycles. The van der Waals surface area contributed by atoms with Gasteiger partial charge in [-0.1, -0.05) is 0 Å². The first-order valence-corrected chi connectivity index (χ1v) is 9.06. The lowest BCUT2D eigenvalue weighted by molar-refractivity contribution is -0.140. The molecule has 0 radical (unpaired) electrons. The zero-order valence-corrected chi connectivity index (χ0v) is 16.0. The molecule has 0 unspecified atom stereocenters. The number of amides is 4. The smallest absolute Gasteiger partial charge is 0.321 e. The molecule has 1 aliphatic heterocycles. The van der Waals surface area contributed by atoms with Crippen molar-refractivity contribution in [2.75, 3.05) is 25.0 Å². The van der Waals surface area contributed by atoms with Crippen LogP contribution in [0, 0.1) is 11.7 Å². The molecule has 1 saturated heterocycles. The number of urea groups is 1. The minimum atomic E-state index is -0.640. The maximum atomic E-state index is 12.9. The van der Waals surface area contributed by atoms with E-state index in [9.17, 15) is 18.8 Å². The fourth-order valence-corrected chi connectivity index (χ4v) is 2.79. The van der Waals surface area contributed by atoms with E-state index in [1.807, 2.05) is 20.8 Å². The molecule has 0 aromatic heterocycles. The van der Waals surface area contributed by atoms with Crippen molar-refractivity contribution in [3.05, 3.63) is 30.1 Å². The van der Waals surface area contributed by atoms with Crippen molar-refractivity contribution in [2.45, 2.75) is 39.2 Å². The monoisotopic (exact) mass is 378 g/mol. The highest BCUT2D eigenvalue weighted by atomic mass is 19.1. The summed E-state index contributed by atoms with van der Waals surface area (Å²) in [6.45, 7) is 6.95. The Bertz CT molecular complexity index is 677. The van der Waals surface area contributed by atoms with Gasteiger partial charge >= 0.3 is 17.8 Å². The molecule has 7 nitrogen and oxygen atoms in total. The number of carbonyl (C=O) groups excluding carboxylic acids is 3. The SMILES string of the molecule is CC(C)(C)NC(=O)C(=O)NCC1CCN(C(=O)Nc2ccc(F)cc2)CC1. The summed E-state index contributed by atoms with van der Waals surface area (Å²) < 4.78 is 12.9. The summed E-state index contributed by atoms with van der Waals surface area (Å²) in [5, 5.41) is 8.02. The van der Waals surface area contributed by atoms with E-state index >= 15 is 0 Å². The first-order chi connectivity index (χ1) is 12.6. The summed E-state index contributed by atoms with van der Waals surface area (Å²) in [4.78, 5) is 37.5. The molecule has 2 rings (SSSR count). The van der Waals surface area contributed by atoms with Crippen molar-refractivity contribution in [2.24, 2.45) is 5.92 Å². The molecule has 1 fully saturated rings. The van der Waals surface area contributed by atoms with E-state index in [1.54, 1.807) is 4.90 Å². The van der Waals surface area contributed by atoms with Gasteiger partial charge in [0.25, 0.3) is 0 Å². The number of hydrogen-bond donors (Lipinski definition) is 3. The second kappa shape index (κ2) is 8.83. The topological polar surface area (TPSA) is 90.5 Å². The van der Waals surface area contributed by atoms with Gasteiger partial charge in [0.05, 0.1) is 0 Å². The Labute approximate surface area is 158 Å². The van der Waals surface area contributed by atoms with Gasteiger partial charge in [0.2, 0.25) is 0 Å². The molecular weight excluding hydrogens is 351 g/mol. The van der Waals surface area contributed by atoms with Crippen LogP contribution >= 0.6 is 0 Å². The lowest BCUT2D eigenvalue weighted by Crippen LogP contribution is -2.49. The summed E-state index contributed by atoms with van der Waals surface area (Å²) in [7, 11) is 0. The lowest BCUT2D eigenvalue weighted by Gasteiger charge is -2.32. The van der Waals surface area contributed by atoms with Crippen LogP contribution < -0.4 is 16.0 Å². The number of piperidine rings is 1. The second-order valence-corrected chi connectivity index (χ2v) is 7.78. The Hall–Kier alpha value is -2.64. The summed E-state index contributed by atoms with van der Waals surface area (Å²) in [6, 6.07) is 5.38. The predicted molar refractivity (Wildman–Crippen MR) is 101 cm³/mol. The number of nitrogens with zero attached hydrogens (tertiary/aromatic N) is 1. The van der Waals surface area contributed by atoms with Crippen molar-refractivity contribution in [1.29, 1.82) is 0 Å². The molecule has 1 aromatic rings. The first kappa shape index (κ1) is 20.7. The van der Waals surface area contributed by atoms with Gasteiger partial charge in [-0.3, -0.25) is 9.59 Å². The van der Waals surface area contributed by atoms with E-state index in [-0.39, 0.29) is 17.8 Å². The Morgan fingerprint density at radius 2 is 1.67 bits per heavy atom. The highest BCUT2D eigenvalue weighted by Gasteiger charge is 2.25. The summed E-state index contributed by atoms with van der Waals surface area (Å²) in [6.07, 6.45) is 1.47. The Kier molecular flexibility index (Phi) is 6.76. The molecule has 0 bridgehead atoms. The average molecular weight is 378 g/mol. The molecule has 1 heterocycles. The molecule has 148 valence electrons. The van der Waals surface area contributed by atoms with Crippen molar-refractivity contribution < 1.29 is 18.8 Å². The van der Waals surface area contributed by atoms with Crippen LogP contribution in [0.2, 0.25) is 0 Å². The molecule has 0 aliphatic carbocycles. The van der Waals surface area contributed by atoms with E-state index in [4.69, 9.17) is 0 Å². The highest BCUT2D eigenvalue weighted by molar-refractivity contribution is 6.35. The summed E-state index contributed by atoms with van der Waals surface area (Å²) >= 11 is 0. The maximum Gasteiger partial charge on any atom is 0.321 e. The minimum absolute atomic E-state index is 0.214. The standard InChI is InChI=1S/C19H27FN4O3/c1-19(2,3)23-17(26)16(25)21-12-13-8-10-24(11-9-13)18(27)22-15-6-4-14(20)5-7-15/h4-7,13H,8-12H2,1-3H3,(H,21,25)(H,22,27)(H,23,26). The number of nitrogens with one attached hydrogen (secondary N) is 3. The lowest BCUT2D eigenvalue weighted by atomic mass is 9.97. The van der Waals surface area contributed by atoms with Crippen molar-refractivity contribution in [3.63, 3.8) is 0 Å². The molecule has 1 aromatic carbocycles. The van der Waals surface area contributed by atoms with E-state index in [1.165, 1.54) is 24.3 Å². The van der Waals surface area contributed by atoms with Crippen LogP contribution in [0.4, 0.5) is 14.9 Å². The first-order valence-electron chi connectivity index (χ1n) is 9.06. The van der Waals surface area contributed by atoms with Crippen LogP contribution in [0.3, 0.4) is 0 Å². The fourth-order valence-electron chi connectivity index (χ4n) is 2.79. The van der Waals surface area contributed by atoms with Crippen LogP contribution in [0.5, 0.6) is 0 Å². The quantitative estimate of drug-likeness (QED) is 0.704. The number of benzene rings is 1. The molecule has 0 atom stereocenters. The maximum absolute atomic E-state index is 12.9. The van der Waals surface area contributed by atoms with Crippen LogP contribution in [-0.4, -0.2) is 47.9 Å². The molecule has 4 amide bonds. The van der Waals surface area contributed by atoms with Crippen LogP contribution in [0.1, 0.15) is 33.6 Å².